The lowest BCUT2D eigenvalue weighted by molar-refractivity contribution is -0.168. The predicted octanol–water partition coefficient (Wildman–Crippen LogP) is -7.42. The minimum Gasteiger partial charge on any atom is -0.394 e. The van der Waals surface area contributed by atoms with Crippen LogP contribution in [0.2, 0.25) is 0 Å². The Balaban J connectivity index is 2.28. The lowest BCUT2D eigenvalue weighted by Crippen LogP contribution is -2.49. The van der Waals surface area contributed by atoms with E-state index in [9.17, 15) is 69.7 Å². The zero-order valence-electron chi connectivity index (χ0n) is 23.2. The number of phosphoric ester groups is 1. The number of carbonyl (C=O) groups excluding carboxylic acids is 2. The van der Waals surface area contributed by atoms with Crippen LogP contribution >= 0.6 is 7.82 Å². The average molecular weight is 678 g/mol. The summed E-state index contributed by atoms with van der Waals surface area (Å²) in [4.78, 5) is 50.7. The highest BCUT2D eigenvalue weighted by Crippen LogP contribution is 2.51. The molecule has 0 radical (unpaired) electrons. The van der Waals surface area contributed by atoms with E-state index in [1.165, 1.54) is 6.92 Å². The van der Waals surface area contributed by atoms with Crippen LogP contribution in [0.4, 0.5) is 0 Å². The number of carbonyl (C=O) groups is 2. The number of aliphatic hydroxyl groups excluding tert-OH is 11. The van der Waals surface area contributed by atoms with Gasteiger partial charge in [0.05, 0.1) is 25.9 Å². The van der Waals surface area contributed by atoms with Crippen molar-refractivity contribution in [1.29, 1.82) is 0 Å². The molecule has 1 fully saturated rings. The minimum atomic E-state index is -5.77. The summed E-state index contributed by atoms with van der Waals surface area (Å²) in [6.45, 7) is -2.03. The number of nitrogens with one attached hydrogen (secondary N) is 1. The first-order chi connectivity index (χ1) is 20.9. The summed E-state index contributed by atoms with van der Waals surface area (Å²) in [5.41, 5.74) is -1.54. The molecule has 1 aliphatic heterocycles. The summed E-state index contributed by atoms with van der Waals surface area (Å²) in [6, 6.07) is 0. The Hall–Kier alpha value is -2.67. The van der Waals surface area contributed by atoms with Crippen LogP contribution in [0.3, 0.4) is 0 Å². The van der Waals surface area contributed by atoms with Crippen molar-refractivity contribution in [3.05, 3.63) is 32.6 Å². The molecule has 258 valence electrons. The van der Waals surface area contributed by atoms with Gasteiger partial charge < -0.3 is 70.0 Å². The smallest absolute Gasteiger partial charge is 0.394 e. The van der Waals surface area contributed by atoms with Crippen LogP contribution in [0.15, 0.2) is 15.8 Å². The highest BCUT2D eigenvalue weighted by Gasteiger charge is 2.46. The van der Waals surface area contributed by atoms with E-state index in [1.807, 2.05) is 4.98 Å². The first kappa shape index (κ1) is 38.5. The van der Waals surface area contributed by atoms with Crippen molar-refractivity contribution in [2.24, 2.45) is 0 Å². The molecule has 12 N–H and O–H groups in total. The van der Waals surface area contributed by atoms with E-state index in [0.29, 0.717) is 0 Å². The summed E-state index contributed by atoms with van der Waals surface area (Å²) in [7, 11) is -5.77. The molecule has 0 amide bonds. The molecule has 0 unspecified atom stereocenters. The summed E-state index contributed by atoms with van der Waals surface area (Å²) < 4.78 is 33.3. The molecule has 0 bridgehead atoms. The molecule has 1 saturated heterocycles. The molecule has 22 nitrogen and oxygen atoms in total. The van der Waals surface area contributed by atoms with E-state index in [4.69, 9.17) is 19.5 Å². The van der Waals surface area contributed by atoms with Crippen molar-refractivity contribution in [3.63, 3.8) is 0 Å². The van der Waals surface area contributed by atoms with Gasteiger partial charge in [-0.2, -0.15) is 0 Å². The molecule has 1 aliphatic rings. The Morgan fingerprint density at radius 2 is 1.40 bits per heavy atom. The second-order valence-electron chi connectivity index (χ2n) is 9.83. The third-order valence-corrected chi connectivity index (χ3v) is 7.73. The molecule has 23 heteroatoms. The number of aromatic amines is 1. The molecule has 1 aromatic rings. The lowest BCUT2D eigenvalue weighted by atomic mass is 10.0. The highest BCUT2D eigenvalue weighted by molar-refractivity contribution is 7.49. The fourth-order valence-corrected chi connectivity index (χ4v) is 4.85. The van der Waals surface area contributed by atoms with Gasteiger partial charge in [-0.3, -0.25) is 18.9 Å². The van der Waals surface area contributed by atoms with Crippen LogP contribution in [0.5, 0.6) is 0 Å². The fourth-order valence-electron chi connectivity index (χ4n) is 3.72. The number of phosphoric acid groups is 1. The van der Waals surface area contributed by atoms with Gasteiger partial charge in [-0.05, 0) is 6.92 Å². The normalized spacial score (nSPS) is 24.1. The number of aromatic nitrogens is 2. The zero-order valence-corrected chi connectivity index (χ0v) is 24.1. The Bertz CT molecular complexity index is 1270. The van der Waals surface area contributed by atoms with E-state index in [-0.39, 0.29) is 12.0 Å². The van der Waals surface area contributed by atoms with Gasteiger partial charge in [0.2, 0.25) is 0 Å². The van der Waals surface area contributed by atoms with E-state index in [1.54, 1.807) is 0 Å². The Morgan fingerprint density at radius 1 is 0.933 bits per heavy atom. The molecular weight excluding hydrogens is 643 g/mol. The molecule has 0 aliphatic carbocycles. The lowest BCUT2D eigenvalue weighted by Gasteiger charge is -2.27. The van der Waals surface area contributed by atoms with Crippen LogP contribution in [-0.4, -0.2) is 159 Å². The van der Waals surface area contributed by atoms with Crippen LogP contribution < -0.4 is 11.2 Å². The Labute approximate surface area is 251 Å². The number of H-pyrrole nitrogens is 1. The van der Waals surface area contributed by atoms with Crippen LogP contribution in [0.25, 0.3) is 0 Å². The first-order valence-electron chi connectivity index (χ1n) is 12.9. The molecule has 0 saturated carbocycles. The minimum absolute atomic E-state index is 0.0884. The highest BCUT2D eigenvalue weighted by atomic mass is 31.2. The molecule has 2 rings (SSSR count). The van der Waals surface area contributed by atoms with Crippen molar-refractivity contribution < 1.29 is 88.6 Å². The maximum absolute atomic E-state index is 13.3. The second kappa shape index (κ2) is 16.2. The van der Waals surface area contributed by atoms with E-state index < -0.39 is 118 Å². The van der Waals surface area contributed by atoms with Gasteiger partial charge in [-0.25, -0.2) is 18.9 Å². The maximum atomic E-state index is 13.3. The fraction of sp³-hybridized carbons (Fsp3) is 0.727. The van der Waals surface area contributed by atoms with Crippen molar-refractivity contribution >= 4 is 19.8 Å². The van der Waals surface area contributed by atoms with Crippen LogP contribution in [-0.2, 0) is 32.5 Å². The number of aliphatic hydroxyl groups is 11. The monoisotopic (exact) mass is 678 g/mol. The number of hydrogen-bond donors (Lipinski definition) is 12. The van der Waals surface area contributed by atoms with E-state index in [2.05, 4.69) is 9.05 Å². The number of nitrogens with zero attached hydrogens (tertiary/aromatic N) is 1. The quantitative estimate of drug-likeness (QED) is 0.0722. The van der Waals surface area contributed by atoms with E-state index in [0.717, 1.165) is 10.8 Å². The third-order valence-electron chi connectivity index (χ3n) is 6.45. The summed E-state index contributed by atoms with van der Waals surface area (Å²) in [5.74, 6) is -4.29. The Morgan fingerprint density at radius 3 is 1.84 bits per heavy atom. The van der Waals surface area contributed by atoms with Gasteiger partial charge in [0, 0.05) is 18.2 Å². The Kier molecular flexibility index (Phi) is 13.9. The van der Waals surface area contributed by atoms with Gasteiger partial charge in [-0.15, -0.1) is 0 Å². The molecule has 11 atom stereocenters. The molecule has 2 heterocycles. The van der Waals surface area contributed by atoms with Gasteiger partial charge in [0.25, 0.3) is 5.56 Å². The number of aryl methyl sites for hydroxylation is 1. The first-order valence-corrected chi connectivity index (χ1v) is 14.4. The van der Waals surface area contributed by atoms with Crippen molar-refractivity contribution in [2.75, 3.05) is 19.8 Å². The van der Waals surface area contributed by atoms with Crippen molar-refractivity contribution in [1.82, 2.24) is 9.55 Å². The summed E-state index contributed by atoms with van der Waals surface area (Å²) >= 11 is 0. The third kappa shape index (κ3) is 9.67. The standard InChI is InChI=1S/C22H35N2O20P/c1-7-3-24(22(39)23-19(7)36)12-2-8(27)11(42-12)6-41-45(40,43-20(37)17(34)15(32)13(30)9(28)4-25)44-21(38)18(35)16(33)14(31)10(29)5-26/h3,8-18,25-35H,2,4-6H2,1H3,(H,23,36,39)/t8-,9+,10+,11+,12+,13+,14+,15-,16-,17+,18+/m0/s1. The topological polar surface area (TPSA) is 366 Å². The number of hydrogen-bond acceptors (Lipinski definition) is 20. The van der Waals surface area contributed by atoms with Crippen LogP contribution in [0.1, 0.15) is 18.2 Å². The molecule has 0 spiro atoms. The predicted molar refractivity (Wildman–Crippen MR) is 139 cm³/mol. The summed E-state index contributed by atoms with van der Waals surface area (Å²) in [5, 5.41) is 106. The molecular formula is C22H35N2O20P. The zero-order chi connectivity index (χ0) is 34.4. The summed E-state index contributed by atoms with van der Waals surface area (Å²) in [6.07, 6.45) is -23.4. The van der Waals surface area contributed by atoms with Gasteiger partial charge in [-0.1, -0.05) is 0 Å². The SMILES string of the molecule is Cc1cn([C@H]2C[C@H](O)[C@@H](COP(=O)(OC(=O)[C@H](O)[C@@H](O)[C@H](O)[C@H](O)CO)OC(=O)[C@H](O)[C@@H](O)[C@H](O)[C@H](O)CO)O2)c(=O)[nH]c1=O. The van der Waals surface area contributed by atoms with Crippen molar-refractivity contribution in [2.45, 2.75) is 80.6 Å². The largest absolute Gasteiger partial charge is 0.592 e. The molecule has 0 aromatic carbocycles. The van der Waals surface area contributed by atoms with Crippen molar-refractivity contribution in [3.8, 4) is 0 Å². The van der Waals surface area contributed by atoms with Gasteiger partial charge in [0.15, 0.2) is 12.2 Å². The van der Waals surface area contributed by atoms with Gasteiger partial charge in [0.1, 0.15) is 49.0 Å². The molecule has 1 aromatic heterocycles. The number of rotatable bonds is 16. The van der Waals surface area contributed by atoms with E-state index >= 15 is 0 Å². The second-order valence-corrected chi connectivity index (χ2v) is 11.3. The number of ether oxygens (including phenoxy) is 1. The molecule has 45 heavy (non-hydrogen) atoms. The average Bonchev–Trinajstić information content (AvgIpc) is 3.38. The van der Waals surface area contributed by atoms with Gasteiger partial charge >= 0.3 is 25.5 Å². The maximum Gasteiger partial charge on any atom is 0.592 e. The van der Waals surface area contributed by atoms with Crippen LogP contribution in [0, 0.1) is 6.92 Å².